The minimum atomic E-state index is 0.0614. The number of benzene rings is 2. The van der Waals surface area contributed by atoms with E-state index < -0.39 is 0 Å². The van der Waals surface area contributed by atoms with E-state index in [4.69, 9.17) is 4.74 Å². The second kappa shape index (κ2) is 10.5. The highest BCUT2D eigenvalue weighted by Crippen LogP contribution is 2.17. The topological polar surface area (TPSA) is 45.7 Å². The Morgan fingerprint density at radius 3 is 2.58 bits per heavy atom. The van der Waals surface area contributed by atoms with Gasteiger partial charge in [0.15, 0.2) is 0 Å². The number of rotatable bonds is 7. The summed E-state index contributed by atoms with van der Waals surface area (Å²) in [6.07, 6.45) is 7.86. The minimum Gasteiger partial charge on any atom is -0.489 e. The summed E-state index contributed by atoms with van der Waals surface area (Å²) in [4.78, 5) is 21.4. The molecule has 0 saturated carbocycles. The number of hydrogen-bond acceptors (Lipinski definition) is 4. The fourth-order valence-corrected chi connectivity index (χ4v) is 3.59. The van der Waals surface area contributed by atoms with Crippen LogP contribution in [0.5, 0.6) is 5.75 Å². The van der Waals surface area contributed by atoms with Crippen molar-refractivity contribution >= 4 is 12.0 Å². The molecule has 1 aliphatic rings. The average Bonchev–Trinajstić information content (AvgIpc) is 2.84. The molecule has 0 atom stereocenters. The SMILES string of the molecule is O=C(c1cccc(OCc2cccnc2)c1)N1CCN(C/C=C/c2ccccc2)CC1. The second-order valence-electron chi connectivity index (χ2n) is 7.58. The van der Waals surface area contributed by atoms with Crippen molar-refractivity contribution in [2.45, 2.75) is 6.61 Å². The van der Waals surface area contributed by atoms with E-state index in [2.05, 4.69) is 34.2 Å². The van der Waals surface area contributed by atoms with Gasteiger partial charge in [0.05, 0.1) is 0 Å². The van der Waals surface area contributed by atoms with E-state index >= 15 is 0 Å². The zero-order valence-electron chi connectivity index (χ0n) is 17.6. The molecular weight excluding hydrogens is 386 g/mol. The third kappa shape index (κ3) is 6.03. The Balaban J connectivity index is 1.27. The van der Waals surface area contributed by atoms with Crippen LogP contribution >= 0.6 is 0 Å². The van der Waals surface area contributed by atoms with Crippen LogP contribution in [0.15, 0.2) is 85.2 Å². The van der Waals surface area contributed by atoms with Crippen molar-refractivity contribution in [3.63, 3.8) is 0 Å². The highest BCUT2D eigenvalue weighted by molar-refractivity contribution is 5.94. The number of hydrogen-bond donors (Lipinski definition) is 0. The first kappa shape index (κ1) is 20.8. The molecule has 0 radical (unpaired) electrons. The summed E-state index contributed by atoms with van der Waals surface area (Å²) in [5, 5.41) is 0. The van der Waals surface area contributed by atoms with E-state index in [9.17, 15) is 4.79 Å². The van der Waals surface area contributed by atoms with Crippen LogP contribution in [0.3, 0.4) is 0 Å². The largest absolute Gasteiger partial charge is 0.489 e. The van der Waals surface area contributed by atoms with Gasteiger partial charge in [-0.3, -0.25) is 14.7 Å². The normalized spacial score (nSPS) is 14.6. The van der Waals surface area contributed by atoms with Gasteiger partial charge < -0.3 is 9.64 Å². The lowest BCUT2D eigenvalue weighted by Crippen LogP contribution is -2.48. The maximum Gasteiger partial charge on any atom is 0.254 e. The molecule has 0 unspecified atom stereocenters. The van der Waals surface area contributed by atoms with Crippen LogP contribution in [-0.4, -0.2) is 53.4 Å². The quantitative estimate of drug-likeness (QED) is 0.584. The minimum absolute atomic E-state index is 0.0614. The fraction of sp³-hybridized carbons (Fsp3) is 0.231. The molecule has 1 amide bonds. The van der Waals surface area contributed by atoms with E-state index in [1.165, 1.54) is 5.56 Å². The van der Waals surface area contributed by atoms with Gasteiger partial charge in [0.2, 0.25) is 0 Å². The van der Waals surface area contributed by atoms with Crippen LogP contribution in [-0.2, 0) is 6.61 Å². The first-order valence-electron chi connectivity index (χ1n) is 10.6. The maximum absolute atomic E-state index is 13.0. The predicted octanol–water partition coefficient (Wildman–Crippen LogP) is 4.13. The molecule has 0 spiro atoms. The summed E-state index contributed by atoms with van der Waals surface area (Å²) >= 11 is 0. The number of amides is 1. The van der Waals surface area contributed by atoms with Gasteiger partial charge >= 0.3 is 0 Å². The summed E-state index contributed by atoms with van der Waals surface area (Å²) < 4.78 is 5.84. The molecule has 0 bridgehead atoms. The van der Waals surface area contributed by atoms with Crippen molar-refractivity contribution in [1.82, 2.24) is 14.8 Å². The Kier molecular flexibility index (Phi) is 7.08. The number of pyridine rings is 1. The van der Waals surface area contributed by atoms with Crippen molar-refractivity contribution in [2.24, 2.45) is 0 Å². The van der Waals surface area contributed by atoms with Crippen molar-refractivity contribution in [2.75, 3.05) is 32.7 Å². The van der Waals surface area contributed by atoms with Crippen LogP contribution in [0.25, 0.3) is 6.08 Å². The Morgan fingerprint density at radius 2 is 1.81 bits per heavy atom. The molecule has 1 fully saturated rings. The third-order valence-corrected chi connectivity index (χ3v) is 5.34. The van der Waals surface area contributed by atoms with Crippen molar-refractivity contribution in [3.05, 3.63) is 102 Å². The van der Waals surface area contributed by atoms with E-state index in [0.717, 1.165) is 38.3 Å². The molecule has 1 aromatic heterocycles. The van der Waals surface area contributed by atoms with E-state index in [1.807, 2.05) is 59.5 Å². The van der Waals surface area contributed by atoms with Gasteiger partial charge in [0, 0.05) is 56.2 Å². The Bertz CT molecular complexity index is 997. The summed E-state index contributed by atoms with van der Waals surface area (Å²) in [5.41, 5.74) is 2.87. The van der Waals surface area contributed by atoms with Gasteiger partial charge in [-0.2, -0.15) is 0 Å². The van der Waals surface area contributed by atoms with E-state index in [1.54, 1.807) is 12.4 Å². The van der Waals surface area contributed by atoms with Crippen LogP contribution in [0.4, 0.5) is 0 Å². The lowest BCUT2D eigenvalue weighted by molar-refractivity contribution is 0.0650. The van der Waals surface area contributed by atoms with Crippen molar-refractivity contribution < 1.29 is 9.53 Å². The van der Waals surface area contributed by atoms with Crippen LogP contribution in [0, 0.1) is 0 Å². The number of carbonyl (C=O) groups is 1. The predicted molar refractivity (Wildman–Crippen MR) is 123 cm³/mol. The molecule has 3 aromatic rings. The number of carbonyl (C=O) groups excluding carboxylic acids is 1. The van der Waals surface area contributed by atoms with Gasteiger partial charge in [-0.1, -0.05) is 54.6 Å². The molecule has 31 heavy (non-hydrogen) atoms. The summed E-state index contributed by atoms with van der Waals surface area (Å²) in [6, 6.07) is 21.6. The van der Waals surface area contributed by atoms with E-state index in [-0.39, 0.29) is 5.91 Å². The molecule has 4 rings (SSSR count). The zero-order chi connectivity index (χ0) is 21.3. The van der Waals surface area contributed by atoms with Gasteiger partial charge in [-0.15, -0.1) is 0 Å². The summed E-state index contributed by atoms with van der Waals surface area (Å²) in [5.74, 6) is 0.755. The molecule has 0 aliphatic carbocycles. The smallest absolute Gasteiger partial charge is 0.254 e. The highest BCUT2D eigenvalue weighted by Gasteiger charge is 2.21. The Labute approximate surface area is 183 Å². The van der Waals surface area contributed by atoms with Crippen molar-refractivity contribution in [1.29, 1.82) is 0 Å². The number of ether oxygens (including phenoxy) is 1. The van der Waals surface area contributed by atoms with Gasteiger partial charge in [0.25, 0.3) is 5.91 Å². The second-order valence-corrected chi connectivity index (χ2v) is 7.58. The standard InChI is InChI=1S/C26H27N3O2/c30-26(24-11-4-12-25(19-24)31-21-23-9-5-13-27-20-23)29-17-15-28(16-18-29)14-6-10-22-7-2-1-3-8-22/h1-13,19-20H,14-18,21H2/b10-6+. The number of aromatic nitrogens is 1. The Morgan fingerprint density at radius 1 is 0.968 bits per heavy atom. The fourth-order valence-electron chi connectivity index (χ4n) is 3.59. The monoisotopic (exact) mass is 413 g/mol. The lowest BCUT2D eigenvalue weighted by atomic mass is 10.1. The molecular formula is C26H27N3O2. The molecule has 5 heteroatoms. The summed E-state index contributed by atoms with van der Waals surface area (Å²) in [7, 11) is 0. The van der Waals surface area contributed by atoms with Gasteiger partial charge in [-0.05, 0) is 29.8 Å². The van der Waals surface area contributed by atoms with Crippen molar-refractivity contribution in [3.8, 4) is 5.75 Å². The molecule has 2 heterocycles. The maximum atomic E-state index is 13.0. The zero-order valence-corrected chi connectivity index (χ0v) is 17.6. The number of nitrogens with zero attached hydrogens (tertiary/aromatic N) is 3. The summed E-state index contributed by atoms with van der Waals surface area (Å²) in [6.45, 7) is 4.55. The molecule has 1 aliphatic heterocycles. The first-order chi connectivity index (χ1) is 15.3. The lowest BCUT2D eigenvalue weighted by Gasteiger charge is -2.34. The molecule has 1 saturated heterocycles. The average molecular weight is 414 g/mol. The molecule has 0 N–H and O–H groups in total. The van der Waals surface area contributed by atoms with Crippen LogP contribution in [0.1, 0.15) is 21.5 Å². The Hall–Kier alpha value is -3.44. The van der Waals surface area contributed by atoms with Gasteiger partial charge in [-0.25, -0.2) is 0 Å². The van der Waals surface area contributed by atoms with Crippen LogP contribution < -0.4 is 4.74 Å². The molecule has 158 valence electrons. The highest BCUT2D eigenvalue weighted by atomic mass is 16.5. The molecule has 5 nitrogen and oxygen atoms in total. The number of piperazine rings is 1. The van der Waals surface area contributed by atoms with Gasteiger partial charge in [0.1, 0.15) is 12.4 Å². The first-order valence-corrected chi connectivity index (χ1v) is 10.6. The molecule has 2 aromatic carbocycles. The third-order valence-electron chi connectivity index (χ3n) is 5.34. The van der Waals surface area contributed by atoms with Crippen LogP contribution in [0.2, 0.25) is 0 Å². The van der Waals surface area contributed by atoms with E-state index in [0.29, 0.717) is 17.9 Å².